The van der Waals surface area contributed by atoms with Gasteiger partial charge in [0, 0.05) is 18.2 Å². The summed E-state index contributed by atoms with van der Waals surface area (Å²) in [6.07, 6.45) is 1.17. The van der Waals surface area contributed by atoms with Crippen LogP contribution in [-0.2, 0) is 11.2 Å². The summed E-state index contributed by atoms with van der Waals surface area (Å²) in [6.45, 7) is 6.08. The molecule has 3 heteroatoms. The quantitative estimate of drug-likeness (QED) is 0.742. The summed E-state index contributed by atoms with van der Waals surface area (Å²) in [6, 6.07) is 0. The van der Waals surface area contributed by atoms with E-state index in [1.807, 2.05) is 12.3 Å². The number of rotatable bonds is 4. The first-order valence-corrected chi connectivity index (χ1v) is 5.38. The van der Waals surface area contributed by atoms with Crippen LogP contribution >= 0.6 is 11.3 Å². The number of carbonyl (C=O) groups is 1. The Kier molecular flexibility index (Phi) is 3.60. The molecular formula is C10H15NOS. The van der Waals surface area contributed by atoms with E-state index in [-0.39, 0.29) is 0 Å². The van der Waals surface area contributed by atoms with Gasteiger partial charge in [0.1, 0.15) is 5.78 Å². The molecule has 0 aliphatic carbocycles. The predicted molar refractivity (Wildman–Crippen MR) is 55.0 cm³/mol. The van der Waals surface area contributed by atoms with Crippen molar-refractivity contribution in [2.24, 2.45) is 5.92 Å². The van der Waals surface area contributed by atoms with E-state index in [0.717, 1.165) is 10.7 Å². The predicted octanol–water partition coefficient (Wildman–Crippen LogP) is 2.61. The van der Waals surface area contributed by atoms with Gasteiger partial charge in [-0.3, -0.25) is 4.79 Å². The molecule has 2 nitrogen and oxygen atoms in total. The third-order valence-electron chi connectivity index (χ3n) is 1.68. The Morgan fingerprint density at radius 1 is 1.62 bits per heavy atom. The fraction of sp³-hybridized carbons (Fsp3) is 0.600. The third-order valence-corrected chi connectivity index (χ3v) is 2.50. The van der Waals surface area contributed by atoms with Crippen molar-refractivity contribution < 1.29 is 4.79 Å². The maximum atomic E-state index is 11.4. The topological polar surface area (TPSA) is 30.0 Å². The van der Waals surface area contributed by atoms with Crippen LogP contribution in [0.1, 0.15) is 31.0 Å². The van der Waals surface area contributed by atoms with Gasteiger partial charge < -0.3 is 0 Å². The molecule has 0 fully saturated rings. The molecule has 0 aliphatic rings. The van der Waals surface area contributed by atoms with Crippen LogP contribution in [0, 0.1) is 12.8 Å². The van der Waals surface area contributed by atoms with Gasteiger partial charge in [0.2, 0.25) is 0 Å². The molecule has 1 heterocycles. The highest BCUT2D eigenvalue weighted by atomic mass is 32.1. The molecule has 0 aromatic carbocycles. The van der Waals surface area contributed by atoms with Crippen LogP contribution in [0.4, 0.5) is 0 Å². The first-order valence-electron chi connectivity index (χ1n) is 4.50. The second kappa shape index (κ2) is 4.51. The van der Waals surface area contributed by atoms with E-state index < -0.39 is 0 Å². The minimum Gasteiger partial charge on any atom is -0.299 e. The molecule has 0 bridgehead atoms. The second-order valence-corrected chi connectivity index (χ2v) is 4.73. The summed E-state index contributed by atoms with van der Waals surface area (Å²) >= 11 is 1.60. The summed E-state index contributed by atoms with van der Waals surface area (Å²) in [5.74, 6) is 0.743. The van der Waals surface area contributed by atoms with Crippen molar-refractivity contribution >= 4 is 17.1 Å². The van der Waals surface area contributed by atoms with Gasteiger partial charge in [-0.25, -0.2) is 4.98 Å². The van der Waals surface area contributed by atoms with E-state index >= 15 is 0 Å². The Bertz CT molecular complexity index is 291. The number of carbonyl (C=O) groups excluding carboxylic acids is 1. The van der Waals surface area contributed by atoms with E-state index in [1.165, 1.54) is 0 Å². The molecule has 72 valence electrons. The van der Waals surface area contributed by atoms with Crippen LogP contribution in [0.2, 0.25) is 0 Å². The van der Waals surface area contributed by atoms with Crippen molar-refractivity contribution in [2.75, 3.05) is 0 Å². The molecule has 0 saturated carbocycles. The average Bonchev–Trinajstić information content (AvgIpc) is 2.33. The molecule has 0 atom stereocenters. The van der Waals surface area contributed by atoms with Crippen LogP contribution in [0.25, 0.3) is 0 Å². The largest absolute Gasteiger partial charge is 0.299 e. The number of hydrogen-bond acceptors (Lipinski definition) is 3. The van der Waals surface area contributed by atoms with Gasteiger partial charge in [0.25, 0.3) is 0 Å². The maximum Gasteiger partial charge on any atom is 0.139 e. The Morgan fingerprint density at radius 2 is 2.31 bits per heavy atom. The standard InChI is InChI=1S/C10H15NOS/c1-7(2)4-10(12)5-9-6-13-8(3)11-9/h6-7H,4-5H2,1-3H3. The highest BCUT2D eigenvalue weighted by molar-refractivity contribution is 7.09. The van der Waals surface area contributed by atoms with Crippen molar-refractivity contribution in [2.45, 2.75) is 33.6 Å². The summed E-state index contributed by atoms with van der Waals surface area (Å²) in [5, 5.41) is 3.00. The van der Waals surface area contributed by atoms with E-state index in [0.29, 0.717) is 24.5 Å². The summed E-state index contributed by atoms with van der Waals surface area (Å²) in [4.78, 5) is 15.7. The van der Waals surface area contributed by atoms with Crippen LogP contribution in [0.3, 0.4) is 0 Å². The maximum absolute atomic E-state index is 11.4. The molecule has 0 saturated heterocycles. The van der Waals surface area contributed by atoms with Crippen molar-refractivity contribution in [1.82, 2.24) is 4.98 Å². The van der Waals surface area contributed by atoms with Gasteiger partial charge in [0.05, 0.1) is 10.7 Å². The van der Waals surface area contributed by atoms with E-state index in [2.05, 4.69) is 18.8 Å². The molecule has 0 N–H and O–H groups in total. The zero-order valence-corrected chi connectivity index (χ0v) is 9.15. The second-order valence-electron chi connectivity index (χ2n) is 3.67. The first kappa shape index (κ1) is 10.4. The van der Waals surface area contributed by atoms with Crippen LogP contribution in [0.5, 0.6) is 0 Å². The minimum absolute atomic E-state index is 0.292. The molecule has 1 aromatic heterocycles. The van der Waals surface area contributed by atoms with Gasteiger partial charge >= 0.3 is 0 Å². The molecular weight excluding hydrogens is 182 g/mol. The number of aryl methyl sites for hydroxylation is 1. The van der Waals surface area contributed by atoms with Gasteiger partial charge in [0.15, 0.2) is 0 Å². The number of ketones is 1. The Labute approximate surface area is 83.0 Å². The van der Waals surface area contributed by atoms with Gasteiger partial charge in [-0.2, -0.15) is 0 Å². The monoisotopic (exact) mass is 197 g/mol. The number of Topliss-reactive ketones (excluding diaryl/α,β-unsaturated/α-hetero) is 1. The van der Waals surface area contributed by atoms with E-state index in [4.69, 9.17) is 0 Å². The van der Waals surface area contributed by atoms with E-state index in [9.17, 15) is 4.79 Å². The lowest BCUT2D eigenvalue weighted by Gasteiger charge is -2.01. The molecule has 1 aromatic rings. The summed E-state index contributed by atoms with van der Waals surface area (Å²) in [5.41, 5.74) is 0.924. The fourth-order valence-electron chi connectivity index (χ4n) is 1.22. The molecule has 13 heavy (non-hydrogen) atoms. The first-order chi connectivity index (χ1) is 6.08. The van der Waals surface area contributed by atoms with E-state index in [1.54, 1.807) is 11.3 Å². The summed E-state index contributed by atoms with van der Waals surface area (Å²) < 4.78 is 0. The van der Waals surface area contributed by atoms with Gasteiger partial charge in [-0.05, 0) is 12.8 Å². The van der Waals surface area contributed by atoms with Crippen molar-refractivity contribution in [3.63, 3.8) is 0 Å². The minimum atomic E-state index is 0.292. The smallest absolute Gasteiger partial charge is 0.139 e. The average molecular weight is 197 g/mol. The molecule has 0 radical (unpaired) electrons. The number of hydrogen-bond donors (Lipinski definition) is 0. The number of aromatic nitrogens is 1. The van der Waals surface area contributed by atoms with Crippen molar-refractivity contribution in [3.8, 4) is 0 Å². The van der Waals surface area contributed by atoms with Crippen molar-refractivity contribution in [1.29, 1.82) is 0 Å². The van der Waals surface area contributed by atoms with Crippen LogP contribution in [-0.4, -0.2) is 10.8 Å². The zero-order valence-electron chi connectivity index (χ0n) is 8.33. The normalized spacial score (nSPS) is 10.8. The number of thiazole rings is 1. The van der Waals surface area contributed by atoms with Gasteiger partial charge in [-0.15, -0.1) is 11.3 Å². The fourth-order valence-corrected chi connectivity index (χ4v) is 1.83. The lowest BCUT2D eigenvalue weighted by atomic mass is 10.0. The molecule has 1 rings (SSSR count). The van der Waals surface area contributed by atoms with Gasteiger partial charge in [-0.1, -0.05) is 13.8 Å². The van der Waals surface area contributed by atoms with Crippen molar-refractivity contribution in [3.05, 3.63) is 16.1 Å². The van der Waals surface area contributed by atoms with Crippen LogP contribution in [0.15, 0.2) is 5.38 Å². The highest BCUT2D eigenvalue weighted by Crippen LogP contribution is 2.10. The Hall–Kier alpha value is -0.700. The Morgan fingerprint density at radius 3 is 2.77 bits per heavy atom. The molecule has 0 spiro atoms. The molecule has 0 aliphatic heterocycles. The Balaban J connectivity index is 2.45. The lowest BCUT2D eigenvalue weighted by molar-refractivity contribution is -0.119. The SMILES string of the molecule is Cc1nc(CC(=O)CC(C)C)cs1. The highest BCUT2D eigenvalue weighted by Gasteiger charge is 2.08. The molecule has 0 amide bonds. The van der Waals surface area contributed by atoms with Crippen LogP contribution < -0.4 is 0 Å². The lowest BCUT2D eigenvalue weighted by Crippen LogP contribution is -2.06. The molecule has 0 unspecified atom stereocenters. The third kappa shape index (κ3) is 3.68. The zero-order chi connectivity index (χ0) is 9.84. The number of nitrogens with zero attached hydrogens (tertiary/aromatic N) is 1. The summed E-state index contributed by atoms with van der Waals surface area (Å²) in [7, 11) is 0.